The van der Waals surface area contributed by atoms with Crippen molar-refractivity contribution in [1.29, 1.82) is 0 Å². The van der Waals surface area contributed by atoms with Crippen LogP contribution in [0.4, 0.5) is 5.69 Å². The molecule has 0 bridgehead atoms. The molecule has 4 heteroatoms. The first kappa shape index (κ1) is 7.81. The molecule has 0 saturated heterocycles. The summed E-state index contributed by atoms with van der Waals surface area (Å²) in [4.78, 5) is 4.10. The van der Waals surface area contributed by atoms with Crippen LogP contribution in [0.15, 0.2) is 12.1 Å². The molecule has 3 N–H and O–H groups in total. The fraction of sp³-hybridized carbons (Fsp3) is 0.286. The number of rotatable bonds is 2. The maximum absolute atomic E-state index is 5.21. The van der Waals surface area contributed by atoms with Crippen LogP contribution in [0.25, 0.3) is 0 Å². The number of anilines is 1. The number of nitrogens with one attached hydrogen (secondary N) is 1. The highest BCUT2D eigenvalue weighted by Gasteiger charge is 1.98. The fourth-order valence-corrected chi connectivity index (χ4v) is 0.804. The monoisotopic (exact) mass is 153 g/mol. The topological polar surface area (TPSA) is 60.2 Å². The van der Waals surface area contributed by atoms with Crippen molar-refractivity contribution in [3.63, 3.8) is 0 Å². The Morgan fingerprint density at radius 2 is 2.27 bits per heavy atom. The Hall–Kier alpha value is -1.29. The minimum absolute atomic E-state index is 0.599. The SMILES string of the molecule is COc1ccc(NN)c(C)n1. The third-order valence-electron chi connectivity index (χ3n) is 1.42. The van der Waals surface area contributed by atoms with Crippen LogP contribution in [0, 0.1) is 6.92 Å². The van der Waals surface area contributed by atoms with Crippen LogP contribution in [-0.4, -0.2) is 12.1 Å². The number of pyridine rings is 1. The lowest BCUT2D eigenvalue weighted by atomic mass is 10.3. The number of methoxy groups -OCH3 is 1. The number of hydrazine groups is 1. The van der Waals surface area contributed by atoms with Gasteiger partial charge in [-0.3, -0.25) is 5.84 Å². The van der Waals surface area contributed by atoms with E-state index in [4.69, 9.17) is 10.6 Å². The minimum Gasteiger partial charge on any atom is -0.481 e. The first-order chi connectivity index (χ1) is 5.27. The van der Waals surface area contributed by atoms with Gasteiger partial charge in [-0.05, 0) is 13.0 Å². The average molecular weight is 153 g/mol. The molecule has 0 spiro atoms. The van der Waals surface area contributed by atoms with Crippen molar-refractivity contribution in [2.45, 2.75) is 6.92 Å². The van der Waals surface area contributed by atoms with Gasteiger partial charge in [0.25, 0.3) is 0 Å². The van der Waals surface area contributed by atoms with Gasteiger partial charge in [0.05, 0.1) is 18.5 Å². The van der Waals surface area contributed by atoms with Crippen molar-refractivity contribution in [2.24, 2.45) is 5.84 Å². The molecule has 1 aromatic heterocycles. The van der Waals surface area contributed by atoms with Gasteiger partial charge in [-0.2, -0.15) is 0 Å². The zero-order valence-corrected chi connectivity index (χ0v) is 6.59. The van der Waals surface area contributed by atoms with Crippen LogP contribution >= 0.6 is 0 Å². The normalized spacial score (nSPS) is 9.36. The van der Waals surface area contributed by atoms with Gasteiger partial charge >= 0.3 is 0 Å². The number of aryl methyl sites for hydroxylation is 1. The van der Waals surface area contributed by atoms with E-state index in [9.17, 15) is 0 Å². The molecule has 0 radical (unpaired) electrons. The van der Waals surface area contributed by atoms with Gasteiger partial charge in [-0.1, -0.05) is 0 Å². The number of hydrogen-bond acceptors (Lipinski definition) is 4. The smallest absolute Gasteiger partial charge is 0.213 e. The second-order valence-corrected chi connectivity index (χ2v) is 2.13. The Kier molecular flexibility index (Phi) is 2.28. The molecular formula is C7H11N3O. The first-order valence-corrected chi connectivity index (χ1v) is 3.26. The molecule has 1 rings (SSSR count). The molecular weight excluding hydrogens is 142 g/mol. The lowest BCUT2D eigenvalue weighted by molar-refractivity contribution is 0.397. The molecule has 0 aliphatic carbocycles. The number of nitrogens with two attached hydrogens (primary N) is 1. The third-order valence-corrected chi connectivity index (χ3v) is 1.42. The molecule has 0 fully saturated rings. The van der Waals surface area contributed by atoms with E-state index in [0.717, 1.165) is 11.4 Å². The summed E-state index contributed by atoms with van der Waals surface area (Å²) in [7, 11) is 1.58. The summed E-state index contributed by atoms with van der Waals surface area (Å²) in [6.07, 6.45) is 0. The summed E-state index contributed by atoms with van der Waals surface area (Å²) >= 11 is 0. The van der Waals surface area contributed by atoms with E-state index < -0.39 is 0 Å². The lowest BCUT2D eigenvalue weighted by Crippen LogP contribution is -2.08. The standard InChI is InChI=1S/C7H11N3O/c1-5-6(10-8)3-4-7(9-5)11-2/h3-4,10H,8H2,1-2H3. The van der Waals surface area contributed by atoms with E-state index in [1.54, 1.807) is 13.2 Å². The Morgan fingerprint density at radius 1 is 1.55 bits per heavy atom. The predicted octanol–water partition coefficient (Wildman–Crippen LogP) is 0.684. The van der Waals surface area contributed by atoms with E-state index in [-0.39, 0.29) is 0 Å². The summed E-state index contributed by atoms with van der Waals surface area (Å²) in [5.41, 5.74) is 4.17. The molecule has 0 atom stereocenters. The van der Waals surface area contributed by atoms with Crippen molar-refractivity contribution >= 4 is 5.69 Å². The quantitative estimate of drug-likeness (QED) is 0.484. The molecule has 1 heterocycles. The van der Waals surface area contributed by atoms with Crippen molar-refractivity contribution in [3.05, 3.63) is 17.8 Å². The predicted molar refractivity (Wildman–Crippen MR) is 43.3 cm³/mol. The van der Waals surface area contributed by atoms with E-state index in [2.05, 4.69) is 10.4 Å². The van der Waals surface area contributed by atoms with Gasteiger partial charge in [-0.15, -0.1) is 0 Å². The van der Waals surface area contributed by atoms with Crippen LogP contribution in [0.3, 0.4) is 0 Å². The highest BCUT2D eigenvalue weighted by molar-refractivity contribution is 5.47. The number of nitrogens with zero attached hydrogens (tertiary/aromatic N) is 1. The highest BCUT2D eigenvalue weighted by atomic mass is 16.5. The van der Waals surface area contributed by atoms with E-state index in [1.807, 2.05) is 13.0 Å². The van der Waals surface area contributed by atoms with Gasteiger partial charge in [0.15, 0.2) is 0 Å². The van der Waals surface area contributed by atoms with Crippen LogP contribution in [-0.2, 0) is 0 Å². The molecule has 0 saturated carbocycles. The summed E-state index contributed by atoms with van der Waals surface area (Å²) in [6, 6.07) is 3.57. The zero-order chi connectivity index (χ0) is 8.27. The number of ether oxygens (including phenoxy) is 1. The van der Waals surface area contributed by atoms with Crippen LogP contribution in [0.1, 0.15) is 5.69 Å². The molecule has 1 aromatic rings. The van der Waals surface area contributed by atoms with E-state index >= 15 is 0 Å². The number of nitrogen functional groups attached to an aromatic ring is 1. The van der Waals surface area contributed by atoms with Crippen LogP contribution < -0.4 is 16.0 Å². The van der Waals surface area contributed by atoms with Crippen LogP contribution in [0.5, 0.6) is 5.88 Å². The number of hydrogen-bond donors (Lipinski definition) is 2. The van der Waals surface area contributed by atoms with Gasteiger partial charge in [0, 0.05) is 6.07 Å². The van der Waals surface area contributed by atoms with Gasteiger partial charge < -0.3 is 10.2 Å². The summed E-state index contributed by atoms with van der Waals surface area (Å²) in [5, 5.41) is 0. The zero-order valence-electron chi connectivity index (χ0n) is 6.59. The molecule has 4 nitrogen and oxygen atoms in total. The summed E-state index contributed by atoms with van der Waals surface area (Å²) < 4.78 is 4.91. The maximum atomic E-state index is 5.21. The maximum Gasteiger partial charge on any atom is 0.213 e. The van der Waals surface area contributed by atoms with Gasteiger partial charge in [0.1, 0.15) is 0 Å². The highest BCUT2D eigenvalue weighted by Crippen LogP contribution is 2.14. The van der Waals surface area contributed by atoms with Crippen molar-refractivity contribution in [1.82, 2.24) is 4.98 Å². The summed E-state index contributed by atoms with van der Waals surface area (Å²) in [5.74, 6) is 5.81. The Morgan fingerprint density at radius 3 is 2.73 bits per heavy atom. The third kappa shape index (κ3) is 1.59. The van der Waals surface area contributed by atoms with Gasteiger partial charge in [-0.25, -0.2) is 4.98 Å². The van der Waals surface area contributed by atoms with Gasteiger partial charge in [0.2, 0.25) is 5.88 Å². The molecule has 0 amide bonds. The van der Waals surface area contributed by atoms with E-state index in [1.165, 1.54) is 0 Å². The molecule has 11 heavy (non-hydrogen) atoms. The lowest BCUT2D eigenvalue weighted by Gasteiger charge is -2.04. The second kappa shape index (κ2) is 3.21. The average Bonchev–Trinajstić information content (AvgIpc) is 2.04. The molecule has 0 aromatic carbocycles. The summed E-state index contributed by atoms with van der Waals surface area (Å²) in [6.45, 7) is 1.86. The van der Waals surface area contributed by atoms with Crippen molar-refractivity contribution in [3.8, 4) is 5.88 Å². The largest absolute Gasteiger partial charge is 0.481 e. The minimum atomic E-state index is 0.599. The first-order valence-electron chi connectivity index (χ1n) is 3.26. The Bertz CT molecular complexity index is 249. The Labute approximate surface area is 65.4 Å². The van der Waals surface area contributed by atoms with Crippen molar-refractivity contribution in [2.75, 3.05) is 12.5 Å². The second-order valence-electron chi connectivity index (χ2n) is 2.13. The number of aromatic nitrogens is 1. The molecule has 0 unspecified atom stereocenters. The molecule has 0 aliphatic heterocycles. The molecule has 0 aliphatic rings. The van der Waals surface area contributed by atoms with Crippen molar-refractivity contribution < 1.29 is 4.74 Å². The molecule has 60 valence electrons. The van der Waals surface area contributed by atoms with Crippen LogP contribution in [0.2, 0.25) is 0 Å². The fourth-order valence-electron chi connectivity index (χ4n) is 0.804. The Balaban J connectivity index is 2.99. The van der Waals surface area contributed by atoms with E-state index in [0.29, 0.717) is 5.88 Å².